The molecule has 1 N–H and O–H groups in total. The summed E-state index contributed by atoms with van der Waals surface area (Å²) in [4.78, 5) is 33.9. The van der Waals surface area contributed by atoms with Gasteiger partial charge in [-0.2, -0.15) is 0 Å². The van der Waals surface area contributed by atoms with Gasteiger partial charge in [-0.3, -0.25) is 14.5 Å². The molecular formula is C30H35N5O2. The smallest absolute Gasteiger partial charge is 0.247 e. The number of nitrogens with one attached hydrogen (secondary N) is 1. The predicted octanol–water partition coefficient (Wildman–Crippen LogP) is 2.97. The van der Waals surface area contributed by atoms with Gasteiger partial charge < -0.3 is 9.80 Å². The van der Waals surface area contributed by atoms with Gasteiger partial charge in [0.1, 0.15) is 0 Å². The van der Waals surface area contributed by atoms with Crippen molar-refractivity contribution >= 4 is 28.3 Å². The highest BCUT2D eigenvalue weighted by atomic mass is 16.2. The van der Waals surface area contributed by atoms with E-state index in [0.717, 1.165) is 45.0 Å². The molecule has 192 valence electrons. The number of rotatable bonds is 5. The summed E-state index contributed by atoms with van der Waals surface area (Å²) in [5, 5.41) is 4.23. The van der Waals surface area contributed by atoms with E-state index in [1.807, 2.05) is 35.2 Å². The van der Waals surface area contributed by atoms with Crippen LogP contribution in [0.3, 0.4) is 0 Å². The zero-order valence-corrected chi connectivity index (χ0v) is 21.4. The predicted molar refractivity (Wildman–Crippen MR) is 146 cm³/mol. The van der Waals surface area contributed by atoms with Crippen LogP contribution in [0.15, 0.2) is 72.8 Å². The number of carbonyl (C=O) groups is 2. The topological polar surface area (TPSA) is 59.1 Å². The first-order valence-corrected chi connectivity index (χ1v) is 13.5. The van der Waals surface area contributed by atoms with Gasteiger partial charge >= 0.3 is 0 Å². The zero-order valence-electron chi connectivity index (χ0n) is 21.4. The van der Waals surface area contributed by atoms with Gasteiger partial charge in [-0.15, -0.1) is 0 Å². The number of hydrazine groups is 1. The van der Waals surface area contributed by atoms with Crippen molar-refractivity contribution in [2.75, 3.05) is 50.8 Å². The zero-order chi connectivity index (χ0) is 25.4. The molecule has 3 aliphatic rings. The Morgan fingerprint density at radius 3 is 2.38 bits per heavy atom. The van der Waals surface area contributed by atoms with Crippen molar-refractivity contribution in [3.05, 3.63) is 78.4 Å². The minimum atomic E-state index is -0.235. The lowest BCUT2D eigenvalue weighted by Gasteiger charge is -2.42. The van der Waals surface area contributed by atoms with E-state index in [9.17, 15) is 9.59 Å². The molecule has 3 unspecified atom stereocenters. The lowest BCUT2D eigenvalue weighted by Crippen LogP contribution is -2.59. The summed E-state index contributed by atoms with van der Waals surface area (Å²) in [6.07, 6.45) is 0. The number of likely N-dealkylation sites (tertiary alicyclic amines) is 1. The molecule has 7 heteroatoms. The van der Waals surface area contributed by atoms with Crippen molar-refractivity contribution in [2.24, 2.45) is 11.8 Å². The number of carbonyl (C=O) groups excluding carboxylic acids is 2. The van der Waals surface area contributed by atoms with Crippen LogP contribution in [0, 0.1) is 11.8 Å². The van der Waals surface area contributed by atoms with E-state index in [1.165, 1.54) is 16.3 Å². The Kier molecular flexibility index (Phi) is 6.67. The van der Waals surface area contributed by atoms with Crippen LogP contribution in [0.25, 0.3) is 10.8 Å². The van der Waals surface area contributed by atoms with Gasteiger partial charge in [-0.25, -0.2) is 10.4 Å². The Morgan fingerprint density at radius 2 is 1.59 bits per heavy atom. The highest BCUT2D eigenvalue weighted by Crippen LogP contribution is 2.33. The molecule has 7 nitrogen and oxygen atoms in total. The average molecular weight is 498 g/mol. The summed E-state index contributed by atoms with van der Waals surface area (Å²) in [5.41, 5.74) is 5.60. The number of amides is 2. The van der Waals surface area contributed by atoms with Crippen LogP contribution in [0.4, 0.5) is 5.69 Å². The molecule has 3 heterocycles. The van der Waals surface area contributed by atoms with Gasteiger partial charge in [0.25, 0.3) is 0 Å². The van der Waals surface area contributed by atoms with Gasteiger partial charge in [0.2, 0.25) is 11.8 Å². The summed E-state index contributed by atoms with van der Waals surface area (Å²) in [7, 11) is 0. The van der Waals surface area contributed by atoms with Gasteiger partial charge in [0.05, 0.1) is 23.6 Å². The van der Waals surface area contributed by atoms with Crippen LogP contribution in [0.2, 0.25) is 0 Å². The number of anilines is 1. The second kappa shape index (κ2) is 10.2. The number of hydrogen-bond donors (Lipinski definition) is 1. The van der Waals surface area contributed by atoms with Gasteiger partial charge in [0.15, 0.2) is 0 Å². The molecule has 0 bridgehead atoms. The third-order valence-electron chi connectivity index (χ3n) is 8.33. The first kappa shape index (κ1) is 24.1. The van der Waals surface area contributed by atoms with Crippen LogP contribution in [0.1, 0.15) is 12.5 Å². The molecule has 0 radical (unpaired) electrons. The number of benzene rings is 3. The fraction of sp³-hybridized carbons (Fsp3) is 0.400. The van der Waals surface area contributed by atoms with Crippen molar-refractivity contribution in [1.29, 1.82) is 0 Å². The maximum Gasteiger partial charge on any atom is 0.247 e. The lowest BCUT2D eigenvalue weighted by molar-refractivity contribution is -0.141. The minimum Gasteiger partial charge on any atom is -0.340 e. The summed E-state index contributed by atoms with van der Waals surface area (Å²) < 4.78 is 0. The Labute approximate surface area is 218 Å². The van der Waals surface area contributed by atoms with Crippen LogP contribution in [-0.4, -0.2) is 78.4 Å². The van der Waals surface area contributed by atoms with E-state index in [0.29, 0.717) is 13.1 Å². The van der Waals surface area contributed by atoms with Crippen molar-refractivity contribution < 1.29 is 9.59 Å². The molecule has 3 fully saturated rings. The van der Waals surface area contributed by atoms with E-state index in [1.54, 1.807) is 5.01 Å². The van der Waals surface area contributed by atoms with Gasteiger partial charge in [-0.05, 0) is 35.0 Å². The third-order valence-corrected chi connectivity index (χ3v) is 8.33. The first-order valence-electron chi connectivity index (χ1n) is 13.5. The number of piperazine rings is 1. The Bertz CT molecular complexity index is 1270. The summed E-state index contributed by atoms with van der Waals surface area (Å²) >= 11 is 0. The molecule has 0 aromatic heterocycles. The molecule has 2 amide bonds. The van der Waals surface area contributed by atoms with Gasteiger partial charge in [-0.1, -0.05) is 67.6 Å². The Morgan fingerprint density at radius 1 is 0.865 bits per heavy atom. The number of piperidine rings is 1. The van der Waals surface area contributed by atoms with E-state index in [4.69, 9.17) is 0 Å². The summed E-state index contributed by atoms with van der Waals surface area (Å²) in [5.74, 6) is -0.211. The molecule has 3 aromatic carbocycles. The number of hydrogen-bond acceptors (Lipinski definition) is 5. The lowest BCUT2D eigenvalue weighted by atomic mass is 9.83. The van der Waals surface area contributed by atoms with Crippen molar-refractivity contribution in [3.8, 4) is 0 Å². The standard InChI is InChI=1S/C30H35N5O2/c1-2-32-20-26(28-27(21-32)30(37)35(31-28)24-12-4-3-5-13-24)29(36)34-17-15-33(16-18-34)19-23-11-8-10-22-9-6-7-14-25(22)23/h3-14,26-28,31H,2,15-21H2,1H3. The third kappa shape index (κ3) is 4.63. The highest BCUT2D eigenvalue weighted by Gasteiger charge is 2.51. The molecule has 3 aliphatic heterocycles. The monoisotopic (exact) mass is 497 g/mol. The largest absolute Gasteiger partial charge is 0.340 e. The molecular weight excluding hydrogens is 462 g/mol. The van der Waals surface area contributed by atoms with Crippen molar-refractivity contribution in [1.82, 2.24) is 20.1 Å². The average Bonchev–Trinajstić information content (AvgIpc) is 3.29. The Balaban J connectivity index is 1.14. The SMILES string of the molecule is CCN1CC(C(=O)N2CCN(Cc3cccc4ccccc34)CC2)C2NN(c3ccccc3)C(=O)C2C1. The number of nitrogens with zero attached hydrogens (tertiary/aromatic N) is 4. The first-order chi connectivity index (χ1) is 18.1. The molecule has 37 heavy (non-hydrogen) atoms. The Hall–Kier alpha value is -3.26. The van der Waals surface area contributed by atoms with Crippen LogP contribution >= 0.6 is 0 Å². The summed E-state index contributed by atoms with van der Waals surface area (Å²) in [6.45, 7) is 8.38. The van der Waals surface area contributed by atoms with E-state index >= 15 is 0 Å². The fourth-order valence-electron chi connectivity index (χ4n) is 6.23. The molecule has 6 rings (SSSR count). The van der Waals surface area contributed by atoms with E-state index < -0.39 is 0 Å². The number of fused-ring (bicyclic) bond motifs is 2. The van der Waals surface area contributed by atoms with Crippen molar-refractivity contribution in [3.63, 3.8) is 0 Å². The van der Waals surface area contributed by atoms with Crippen molar-refractivity contribution in [2.45, 2.75) is 19.5 Å². The molecule has 3 atom stereocenters. The molecule has 0 aliphatic carbocycles. The second-order valence-corrected chi connectivity index (χ2v) is 10.5. The maximum absolute atomic E-state index is 13.9. The normalized spacial score (nSPS) is 25.0. The van der Waals surface area contributed by atoms with Crippen LogP contribution in [-0.2, 0) is 16.1 Å². The second-order valence-electron chi connectivity index (χ2n) is 10.5. The number of para-hydroxylation sites is 1. The fourth-order valence-corrected chi connectivity index (χ4v) is 6.23. The molecule has 3 saturated heterocycles. The maximum atomic E-state index is 13.9. The quantitative estimate of drug-likeness (QED) is 0.588. The highest BCUT2D eigenvalue weighted by molar-refractivity contribution is 5.98. The molecule has 0 saturated carbocycles. The molecule has 3 aromatic rings. The van der Waals surface area contributed by atoms with Crippen LogP contribution < -0.4 is 10.4 Å². The molecule has 0 spiro atoms. The van der Waals surface area contributed by atoms with E-state index in [2.05, 4.69) is 64.6 Å². The van der Waals surface area contributed by atoms with E-state index in [-0.39, 0.29) is 29.7 Å². The van der Waals surface area contributed by atoms with Crippen LogP contribution in [0.5, 0.6) is 0 Å². The minimum absolute atomic E-state index is 0.0621. The van der Waals surface area contributed by atoms with Gasteiger partial charge in [0, 0.05) is 45.8 Å². The summed E-state index contributed by atoms with van der Waals surface area (Å²) in [6, 6.07) is 24.6.